The molecule has 0 unspecified atom stereocenters. The van der Waals surface area contributed by atoms with Crippen LogP contribution in [0.5, 0.6) is 0 Å². The lowest BCUT2D eigenvalue weighted by Gasteiger charge is -2.11. The minimum absolute atomic E-state index is 0.0202. The first-order valence-electron chi connectivity index (χ1n) is 4.85. The summed E-state index contributed by atoms with van der Waals surface area (Å²) in [6.45, 7) is 2.13. The number of hydrogen-bond acceptors (Lipinski definition) is 1. The predicted molar refractivity (Wildman–Crippen MR) is 60.6 cm³/mol. The van der Waals surface area contributed by atoms with E-state index in [0.717, 1.165) is 24.8 Å². The van der Waals surface area contributed by atoms with Gasteiger partial charge in [-0.1, -0.05) is 25.8 Å². The molecule has 0 saturated heterocycles. The number of nitrogens with two attached hydrogens (primary N) is 1. The van der Waals surface area contributed by atoms with Crippen LogP contribution in [-0.4, -0.2) is 0 Å². The molecule has 0 aliphatic heterocycles. The Labute approximate surface area is 92.6 Å². The minimum Gasteiger partial charge on any atom is -0.324 e. The van der Waals surface area contributed by atoms with Gasteiger partial charge in [-0.25, -0.2) is 4.39 Å². The highest BCUT2D eigenvalue weighted by Crippen LogP contribution is 2.22. The largest absolute Gasteiger partial charge is 0.324 e. The Morgan fingerprint density at radius 3 is 2.79 bits per heavy atom. The van der Waals surface area contributed by atoms with E-state index in [1.54, 1.807) is 12.1 Å². The van der Waals surface area contributed by atoms with Crippen molar-refractivity contribution in [1.82, 2.24) is 0 Å². The van der Waals surface area contributed by atoms with Gasteiger partial charge in [-0.15, -0.1) is 0 Å². The third-order valence-corrected chi connectivity index (χ3v) is 2.85. The van der Waals surface area contributed by atoms with Crippen molar-refractivity contribution in [2.75, 3.05) is 0 Å². The van der Waals surface area contributed by atoms with E-state index in [9.17, 15) is 4.39 Å². The maximum Gasteiger partial charge on any atom is 0.137 e. The molecule has 0 aliphatic rings. The molecule has 0 aromatic heterocycles. The molecule has 2 N–H and O–H groups in total. The molecule has 1 aromatic rings. The first-order valence-corrected chi connectivity index (χ1v) is 5.65. The fourth-order valence-corrected chi connectivity index (χ4v) is 1.73. The van der Waals surface area contributed by atoms with E-state index in [-0.39, 0.29) is 11.9 Å². The molecular formula is C11H15BrFN. The van der Waals surface area contributed by atoms with Crippen LogP contribution < -0.4 is 5.73 Å². The fraction of sp³-hybridized carbons (Fsp3) is 0.455. The molecule has 0 bridgehead atoms. The van der Waals surface area contributed by atoms with Crippen LogP contribution >= 0.6 is 15.9 Å². The maximum absolute atomic E-state index is 12.9. The van der Waals surface area contributed by atoms with Crippen molar-refractivity contribution in [2.45, 2.75) is 32.2 Å². The summed E-state index contributed by atoms with van der Waals surface area (Å²) >= 11 is 3.15. The Kier molecular flexibility index (Phi) is 4.55. The Balaban J connectivity index is 2.70. The fourth-order valence-electron chi connectivity index (χ4n) is 1.33. The van der Waals surface area contributed by atoms with Gasteiger partial charge >= 0.3 is 0 Å². The molecule has 0 aliphatic carbocycles. The van der Waals surface area contributed by atoms with Crippen LogP contribution in [0.1, 0.15) is 37.8 Å². The Hall–Kier alpha value is -0.410. The standard InChI is InChI=1S/C11H15BrFN/c1-2-3-4-11(14)8-5-6-10(13)9(12)7-8/h5-7,11H,2-4,14H2,1H3/t11-/m1/s1. The molecule has 0 radical (unpaired) electrons. The van der Waals surface area contributed by atoms with Gasteiger partial charge in [0.05, 0.1) is 4.47 Å². The zero-order valence-corrected chi connectivity index (χ0v) is 9.85. The van der Waals surface area contributed by atoms with Crippen molar-refractivity contribution >= 4 is 15.9 Å². The average molecular weight is 260 g/mol. The van der Waals surface area contributed by atoms with Crippen LogP contribution in [0.2, 0.25) is 0 Å². The van der Waals surface area contributed by atoms with Gasteiger partial charge in [0.2, 0.25) is 0 Å². The van der Waals surface area contributed by atoms with E-state index in [2.05, 4.69) is 22.9 Å². The van der Waals surface area contributed by atoms with Crippen LogP contribution in [0.4, 0.5) is 4.39 Å². The molecule has 0 fully saturated rings. The molecule has 0 heterocycles. The van der Waals surface area contributed by atoms with Gasteiger partial charge in [0, 0.05) is 6.04 Å². The molecule has 1 nitrogen and oxygen atoms in total. The van der Waals surface area contributed by atoms with Gasteiger partial charge < -0.3 is 5.73 Å². The molecule has 1 rings (SSSR count). The normalized spacial score (nSPS) is 12.9. The second-order valence-corrected chi connectivity index (χ2v) is 4.28. The number of rotatable bonds is 4. The summed E-state index contributed by atoms with van der Waals surface area (Å²) in [4.78, 5) is 0. The number of benzene rings is 1. The van der Waals surface area contributed by atoms with Gasteiger partial charge in [0.15, 0.2) is 0 Å². The Bertz CT molecular complexity index is 301. The van der Waals surface area contributed by atoms with Crippen LogP contribution in [0.3, 0.4) is 0 Å². The quantitative estimate of drug-likeness (QED) is 0.875. The van der Waals surface area contributed by atoms with Gasteiger partial charge in [-0.05, 0) is 40.0 Å². The summed E-state index contributed by atoms with van der Waals surface area (Å²) in [5.41, 5.74) is 6.95. The zero-order chi connectivity index (χ0) is 10.6. The van der Waals surface area contributed by atoms with Crippen molar-refractivity contribution in [3.05, 3.63) is 34.1 Å². The highest BCUT2D eigenvalue weighted by Gasteiger charge is 2.07. The van der Waals surface area contributed by atoms with Gasteiger partial charge in [-0.3, -0.25) is 0 Å². The van der Waals surface area contributed by atoms with Crippen LogP contribution in [0.15, 0.2) is 22.7 Å². The molecule has 0 spiro atoms. The SMILES string of the molecule is CCCC[C@@H](N)c1ccc(F)c(Br)c1. The molecule has 78 valence electrons. The van der Waals surface area contributed by atoms with Crippen molar-refractivity contribution in [2.24, 2.45) is 5.73 Å². The lowest BCUT2D eigenvalue weighted by Crippen LogP contribution is -2.10. The topological polar surface area (TPSA) is 26.0 Å². The second kappa shape index (κ2) is 5.47. The van der Waals surface area contributed by atoms with Crippen molar-refractivity contribution in [3.63, 3.8) is 0 Å². The van der Waals surface area contributed by atoms with Gasteiger partial charge in [0.1, 0.15) is 5.82 Å². The lowest BCUT2D eigenvalue weighted by atomic mass is 10.0. The van der Waals surface area contributed by atoms with Gasteiger partial charge in [-0.2, -0.15) is 0 Å². The third-order valence-electron chi connectivity index (χ3n) is 2.24. The van der Waals surface area contributed by atoms with E-state index >= 15 is 0 Å². The Morgan fingerprint density at radius 1 is 1.50 bits per heavy atom. The number of unbranched alkanes of at least 4 members (excludes halogenated alkanes) is 1. The minimum atomic E-state index is -0.239. The highest BCUT2D eigenvalue weighted by atomic mass is 79.9. The highest BCUT2D eigenvalue weighted by molar-refractivity contribution is 9.10. The number of hydrogen-bond donors (Lipinski definition) is 1. The molecule has 1 aromatic carbocycles. The van der Waals surface area contributed by atoms with Crippen LogP contribution in [-0.2, 0) is 0 Å². The smallest absolute Gasteiger partial charge is 0.137 e. The van der Waals surface area contributed by atoms with Crippen LogP contribution in [0.25, 0.3) is 0 Å². The molecular weight excluding hydrogens is 245 g/mol. The average Bonchev–Trinajstić information content (AvgIpc) is 2.18. The van der Waals surface area contributed by atoms with Crippen LogP contribution in [0, 0.1) is 5.82 Å². The van der Waals surface area contributed by atoms with Gasteiger partial charge in [0.25, 0.3) is 0 Å². The summed E-state index contributed by atoms with van der Waals surface area (Å²) in [6.07, 6.45) is 3.20. The van der Waals surface area contributed by atoms with E-state index in [4.69, 9.17) is 5.73 Å². The molecule has 0 amide bonds. The Morgan fingerprint density at radius 2 is 2.21 bits per heavy atom. The zero-order valence-electron chi connectivity index (χ0n) is 8.26. The van der Waals surface area contributed by atoms with E-state index in [1.165, 1.54) is 6.07 Å². The molecule has 1 atom stereocenters. The first-order chi connectivity index (χ1) is 6.65. The van der Waals surface area contributed by atoms with Crippen molar-refractivity contribution < 1.29 is 4.39 Å². The third kappa shape index (κ3) is 3.07. The first kappa shape index (κ1) is 11.7. The molecule has 3 heteroatoms. The molecule has 0 saturated carbocycles. The number of halogens is 2. The van der Waals surface area contributed by atoms with E-state index in [1.807, 2.05) is 0 Å². The van der Waals surface area contributed by atoms with Crippen molar-refractivity contribution in [1.29, 1.82) is 0 Å². The second-order valence-electron chi connectivity index (χ2n) is 3.42. The molecule has 14 heavy (non-hydrogen) atoms. The van der Waals surface area contributed by atoms with Crippen molar-refractivity contribution in [3.8, 4) is 0 Å². The monoisotopic (exact) mass is 259 g/mol. The summed E-state index contributed by atoms with van der Waals surface area (Å²) < 4.78 is 13.4. The maximum atomic E-state index is 12.9. The lowest BCUT2D eigenvalue weighted by molar-refractivity contribution is 0.594. The predicted octanol–water partition coefficient (Wildman–Crippen LogP) is 3.78. The van der Waals surface area contributed by atoms with E-state index in [0.29, 0.717) is 4.47 Å². The summed E-state index contributed by atoms with van der Waals surface area (Å²) in [6, 6.07) is 4.98. The summed E-state index contributed by atoms with van der Waals surface area (Å²) in [7, 11) is 0. The van der Waals surface area contributed by atoms with E-state index < -0.39 is 0 Å². The summed E-state index contributed by atoms with van der Waals surface area (Å²) in [5.74, 6) is -0.239. The summed E-state index contributed by atoms with van der Waals surface area (Å²) in [5, 5.41) is 0.